The number of aryl methyl sites for hydroxylation is 1. The Morgan fingerprint density at radius 2 is 2.00 bits per heavy atom. The SMILES string of the molecule is CNC1c2ccccc2CCC1S(=O)(=O)c1cccs1. The summed E-state index contributed by atoms with van der Waals surface area (Å²) in [6.07, 6.45) is 1.49. The third-order valence-electron chi connectivity index (χ3n) is 3.95. The molecule has 5 heteroatoms. The predicted octanol–water partition coefficient (Wildman–Crippen LogP) is 2.80. The lowest BCUT2D eigenvalue weighted by molar-refractivity contribution is 0.476. The lowest BCUT2D eigenvalue weighted by atomic mass is 9.87. The number of thiophene rings is 1. The minimum atomic E-state index is -3.27. The smallest absolute Gasteiger partial charge is 0.192 e. The maximum atomic E-state index is 12.8. The molecule has 1 aromatic carbocycles. The summed E-state index contributed by atoms with van der Waals surface area (Å²) in [7, 11) is -1.43. The minimum absolute atomic E-state index is 0.132. The molecule has 1 aromatic heterocycles. The predicted molar refractivity (Wildman–Crippen MR) is 81.9 cm³/mol. The van der Waals surface area contributed by atoms with Crippen molar-refractivity contribution < 1.29 is 8.42 Å². The molecule has 2 atom stereocenters. The van der Waals surface area contributed by atoms with Crippen LogP contribution in [0.5, 0.6) is 0 Å². The van der Waals surface area contributed by atoms with Crippen molar-refractivity contribution >= 4 is 21.2 Å². The van der Waals surface area contributed by atoms with Gasteiger partial charge in [-0.25, -0.2) is 8.42 Å². The van der Waals surface area contributed by atoms with E-state index in [0.717, 1.165) is 12.0 Å². The number of rotatable bonds is 3. The molecule has 0 radical (unpaired) electrons. The first-order valence-corrected chi connectivity index (χ1v) is 9.09. The summed E-state index contributed by atoms with van der Waals surface area (Å²) in [6, 6.07) is 11.5. The second-order valence-corrected chi connectivity index (χ2v) is 8.36. The van der Waals surface area contributed by atoms with Gasteiger partial charge >= 0.3 is 0 Å². The monoisotopic (exact) mass is 307 g/mol. The van der Waals surface area contributed by atoms with E-state index in [4.69, 9.17) is 0 Å². The normalized spacial score (nSPS) is 22.4. The molecule has 20 heavy (non-hydrogen) atoms. The number of sulfone groups is 1. The fourth-order valence-corrected chi connectivity index (χ4v) is 6.14. The molecule has 3 nitrogen and oxygen atoms in total. The zero-order valence-corrected chi connectivity index (χ0v) is 12.9. The van der Waals surface area contributed by atoms with E-state index in [2.05, 4.69) is 11.4 Å². The molecule has 1 aliphatic carbocycles. The Balaban J connectivity index is 2.04. The van der Waals surface area contributed by atoms with E-state index in [1.165, 1.54) is 16.9 Å². The zero-order valence-electron chi connectivity index (χ0n) is 11.2. The van der Waals surface area contributed by atoms with Crippen LogP contribution in [-0.2, 0) is 16.3 Å². The second kappa shape index (κ2) is 5.31. The average molecular weight is 307 g/mol. The highest BCUT2D eigenvalue weighted by molar-refractivity contribution is 7.94. The quantitative estimate of drug-likeness (QED) is 0.948. The van der Waals surface area contributed by atoms with Crippen LogP contribution in [0.15, 0.2) is 46.0 Å². The molecule has 2 aromatic rings. The number of fused-ring (bicyclic) bond motifs is 1. The van der Waals surface area contributed by atoms with Crippen molar-refractivity contribution in [2.45, 2.75) is 28.3 Å². The van der Waals surface area contributed by atoms with Crippen molar-refractivity contribution in [1.29, 1.82) is 0 Å². The fraction of sp³-hybridized carbons (Fsp3) is 0.333. The molecule has 0 saturated carbocycles. The van der Waals surface area contributed by atoms with Gasteiger partial charge in [-0.2, -0.15) is 0 Å². The van der Waals surface area contributed by atoms with Gasteiger partial charge < -0.3 is 5.32 Å². The summed E-state index contributed by atoms with van der Waals surface area (Å²) in [6.45, 7) is 0. The molecule has 0 amide bonds. The van der Waals surface area contributed by atoms with Gasteiger partial charge in [0.25, 0.3) is 0 Å². The molecule has 2 unspecified atom stereocenters. The van der Waals surface area contributed by atoms with Crippen molar-refractivity contribution in [3.63, 3.8) is 0 Å². The van der Waals surface area contributed by atoms with Crippen molar-refractivity contribution in [2.24, 2.45) is 0 Å². The minimum Gasteiger partial charge on any atom is -0.312 e. The maximum Gasteiger partial charge on any atom is 0.192 e. The molecular weight excluding hydrogens is 290 g/mol. The van der Waals surface area contributed by atoms with E-state index in [0.29, 0.717) is 10.6 Å². The van der Waals surface area contributed by atoms with E-state index in [1.54, 1.807) is 12.1 Å². The summed E-state index contributed by atoms with van der Waals surface area (Å²) < 4.78 is 26.1. The van der Waals surface area contributed by atoms with E-state index >= 15 is 0 Å². The second-order valence-electron chi connectivity index (χ2n) is 5.02. The molecule has 1 heterocycles. The average Bonchev–Trinajstić information content (AvgIpc) is 3.00. The summed E-state index contributed by atoms with van der Waals surface area (Å²) in [5, 5.41) is 4.63. The van der Waals surface area contributed by atoms with E-state index in [1.807, 2.05) is 30.6 Å². The summed E-state index contributed by atoms with van der Waals surface area (Å²) >= 11 is 1.30. The van der Waals surface area contributed by atoms with E-state index in [9.17, 15) is 8.42 Å². The van der Waals surface area contributed by atoms with Gasteiger partial charge in [-0.05, 0) is 42.5 Å². The molecule has 0 bridgehead atoms. The van der Waals surface area contributed by atoms with Crippen molar-refractivity contribution in [3.05, 3.63) is 52.9 Å². The third-order valence-corrected chi connectivity index (χ3v) is 7.59. The number of benzene rings is 1. The van der Waals surface area contributed by atoms with Gasteiger partial charge in [-0.3, -0.25) is 0 Å². The lowest BCUT2D eigenvalue weighted by Gasteiger charge is -2.32. The zero-order chi connectivity index (χ0) is 14.2. The highest BCUT2D eigenvalue weighted by Gasteiger charge is 2.38. The van der Waals surface area contributed by atoms with Gasteiger partial charge in [-0.1, -0.05) is 30.3 Å². The highest BCUT2D eigenvalue weighted by atomic mass is 32.2. The Labute approximate surface area is 123 Å². The molecule has 0 saturated heterocycles. The van der Waals surface area contributed by atoms with Crippen molar-refractivity contribution in [1.82, 2.24) is 5.32 Å². The number of hydrogen-bond donors (Lipinski definition) is 1. The van der Waals surface area contributed by atoms with Crippen LogP contribution in [0.3, 0.4) is 0 Å². The van der Waals surface area contributed by atoms with Gasteiger partial charge in [0, 0.05) is 6.04 Å². The molecule has 1 aliphatic rings. The maximum absolute atomic E-state index is 12.8. The van der Waals surface area contributed by atoms with Gasteiger partial charge in [0.2, 0.25) is 0 Å². The lowest BCUT2D eigenvalue weighted by Crippen LogP contribution is -2.39. The number of hydrogen-bond acceptors (Lipinski definition) is 4. The molecule has 0 spiro atoms. The van der Waals surface area contributed by atoms with E-state index in [-0.39, 0.29) is 11.3 Å². The van der Waals surface area contributed by atoms with Crippen LogP contribution < -0.4 is 5.32 Å². The van der Waals surface area contributed by atoms with Crippen LogP contribution in [0.2, 0.25) is 0 Å². The van der Waals surface area contributed by atoms with Gasteiger partial charge in [0.15, 0.2) is 9.84 Å². The summed E-state index contributed by atoms with van der Waals surface area (Å²) in [5.74, 6) is 0. The van der Waals surface area contributed by atoms with Crippen LogP contribution in [0.25, 0.3) is 0 Å². The molecule has 106 valence electrons. The summed E-state index contributed by atoms with van der Waals surface area (Å²) in [4.78, 5) is 0. The Kier molecular flexibility index (Phi) is 3.67. The fourth-order valence-electron chi connectivity index (χ4n) is 2.98. The van der Waals surface area contributed by atoms with Crippen LogP contribution in [0, 0.1) is 0 Å². The third kappa shape index (κ3) is 2.20. The first kappa shape index (κ1) is 13.8. The first-order valence-electron chi connectivity index (χ1n) is 6.67. The van der Waals surface area contributed by atoms with Gasteiger partial charge in [0.05, 0.1) is 5.25 Å². The van der Waals surface area contributed by atoms with Crippen LogP contribution >= 0.6 is 11.3 Å². The van der Waals surface area contributed by atoms with Crippen LogP contribution in [0.1, 0.15) is 23.6 Å². The molecule has 0 fully saturated rings. The molecular formula is C15H17NO2S2. The Hall–Kier alpha value is -1.17. The van der Waals surface area contributed by atoms with Crippen molar-refractivity contribution in [3.8, 4) is 0 Å². The molecule has 1 N–H and O–H groups in total. The standard InChI is InChI=1S/C15H17NO2S2/c1-16-15-12-6-3-2-5-11(12)8-9-13(15)20(17,18)14-7-4-10-19-14/h2-7,10,13,15-16H,8-9H2,1H3. The van der Waals surface area contributed by atoms with Crippen LogP contribution in [-0.4, -0.2) is 20.7 Å². The van der Waals surface area contributed by atoms with Crippen LogP contribution in [0.4, 0.5) is 0 Å². The summed E-state index contributed by atoms with van der Waals surface area (Å²) in [5.41, 5.74) is 2.37. The van der Waals surface area contributed by atoms with Crippen molar-refractivity contribution in [2.75, 3.05) is 7.05 Å². The van der Waals surface area contributed by atoms with Gasteiger partial charge in [-0.15, -0.1) is 11.3 Å². The number of nitrogens with one attached hydrogen (secondary N) is 1. The molecule has 0 aliphatic heterocycles. The Bertz CT molecular complexity index is 692. The topological polar surface area (TPSA) is 46.2 Å². The van der Waals surface area contributed by atoms with E-state index < -0.39 is 9.84 Å². The van der Waals surface area contributed by atoms with Gasteiger partial charge in [0.1, 0.15) is 4.21 Å². The largest absolute Gasteiger partial charge is 0.312 e. The Morgan fingerprint density at radius 3 is 2.70 bits per heavy atom. The first-order chi connectivity index (χ1) is 9.64. The Morgan fingerprint density at radius 1 is 1.20 bits per heavy atom. The highest BCUT2D eigenvalue weighted by Crippen LogP contribution is 2.37. The molecule has 3 rings (SSSR count).